The fourth-order valence-electron chi connectivity index (χ4n) is 3.44. The summed E-state index contributed by atoms with van der Waals surface area (Å²) in [5.74, 6) is -0.364. The number of carbonyl (C=O) groups is 3. The van der Waals surface area contributed by atoms with E-state index in [-0.39, 0.29) is 6.42 Å². The van der Waals surface area contributed by atoms with Gasteiger partial charge < -0.3 is 21.9 Å². The summed E-state index contributed by atoms with van der Waals surface area (Å²) in [4.78, 5) is 51.3. The van der Waals surface area contributed by atoms with Gasteiger partial charge >= 0.3 is 0 Å². The topological polar surface area (TPSA) is 156 Å². The van der Waals surface area contributed by atoms with Crippen LogP contribution in [0.3, 0.4) is 0 Å². The minimum Gasteiger partial charge on any atom is -0.394 e. The molecule has 0 saturated carbocycles. The highest BCUT2D eigenvalue weighted by molar-refractivity contribution is 8.01. The zero-order valence-electron chi connectivity index (χ0n) is 17.6. The zero-order chi connectivity index (χ0) is 24.0. The zero-order valence-corrected chi connectivity index (χ0v) is 18.4. The standard InChI is InChI=1S/C23H24N4O5S/c24-15(12-14-6-2-1-3-7-14)22(31)26-16(13-29)20(30)21-19(25)23(32)27(10-11-28)17-8-4-5-9-18(17)33-21/h1-10,15-16,19,21,29H,12-13,24-25H2,(H,26,31)/t15?,16?,19-,21?/m1/s1. The summed E-state index contributed by atoms with van der Waals surface area (Å²) in [6.45, 7) is -0.694. The minimum absolute atomic E-state index is 0.246. The molecule has 0 spiro atoms. The van der Waals surface area contributed by atoms with Gasteiger partial charge in [0.05, 0.1) is 29.8 Å². The Kier molecular flexibility index (Phi) is 8.16. The van der Waals surface area contributed by atoms with Crippen molar-refractivity contribution >= 4 is 41.0 Å². The number of para-hydroxylation sites is 1. The summed E-state index contributed by atoms with van der Waals surface area (Å²) in [5.41, 5.74) is 13.3. The second-order valence-electron chi connectivity index (χ2n) is 7.43. The molecule has 3 rings (SSSR count). The second kappa shape index (κ2) is 11.0. The molecule has 10 heteroatoms. The number of amides is 2. The molecule has 0 radical (unpaired) electrons. The average molecular weight is 469 g/mol. The second-order valence-corrected chi connectivity index (χ2v) is 8.61. The highest BCUT2D eigenvalue weighted by atomic mass is 32.2. The Labute approximate surface area is 194 Å². The third-order valence-corrected chi connectivity index (χ3v) is 6.55. The van der Waals surface area contributed by atoms with Crippen molar-refractivity contribution in [2.24, 2.45) is 11.5 Å². The number of aliphatic hydroxyl groups excluding tert-OH is 1. The number of nitrogens with zero attached hydrogens (tertiary/aromatic N) is 1. The lowest BCUT2D eigenvalue weighted by Crippen LogP contribution is -2.57. The van der Waals surface area contributed by atoms with E-state index in [1.807, 2.05) is 30.3 Å². The first-order valence-electron chi connectivity index (χ1n) is 10.2. The summed E-state index contributed by atoms with van der Waals surface area (Å²) >= 11 is 1.03. The first-order valence-corrected chi connectivity index (χ1v) is 11.0. The number of Topliss-reactive ketones (excluding diaryl/α,β-unsaturated/α-hetero) is 1. The largest absolute Gasteiger partial charge is 0.394 e. The molecule has 9 nitrogen and oxygen atoms in total. The number of nitrogens with one attached hydrogen (secondary N) is 1. The van der Waals surface area contributed by atoms with E-state index < -0.39 is 47.6 Å². The van der Waals surface area contributed by atoms with Crippen molar-refractivity contribution in [1.29, 1.82) is 0 Å². The van der Waals surface area contributed by atoms with Gasteiger partial charge in [0, 0.05) is 4.90 Å². The quantitative estimate of drug-likeness (QED) is 0.388. The van der Waals surface area contributed by atoms with Crippen molar-refractivity contribution in [1.82, 2.24) is 5.32 Å². The molecule has 0 bridgehead atoms. The molecule has 6 N–H and O–H groups in total. The van der Waals surface area contributed by atoms with E-state index in [9.17, 15) is 24.3 Å². The molecular weight excluding hydrogens is 444 g/mol. The molecule has 4 atom stereocenters. The Morgan fingerprint density at radius 3 is 2.52 bits per heavy atom. The van der Waals surface area contributed by atoms with E-state index in [1.165, 1.54) is 0 Å². The number of anilines is 1. The maximum absolute atomic E-state index is 13.3. The van der Waals surface area contributed by atoms with Gasteiger partial charge in [0.1, 0.15) is 18.0 Å². The lowest BCUT2D eigenvalue weighted by Gasteiger charge is -2.25. The van der Waals surface area contributed by atoms with Crippen LogP contribution in [0, 0.1) is 0 Å². The van der Waals surface area contributed by atoms with Gasteiger partial charge in [-0.1, -0.05) is 42.5 Å². The molecule has 2 aromatic carbocycles. The summed E-state index contributed by atoms with van der Waals surface area (Å²) in [7, 11) is 0. The van der Waals surface area contributed by atoms with Crippen molar-refractivity contribution in [3.8, 4) is 0 Å². The summed E-state index contributed by atoms with van der Waals surface area (Å²) in [5, 5.41) is 11.2. The van der Waals surface area contributed by atoms with Crippen molar-refractivity contribution in [3.05, 3.63) is 66.4 Å². The van der Waals surface area contributed by atoms with Crippen LogP contribution in [-0.4, -0.2) is 58.6 Å². The van der Waals surface area contributed by atoms with Gasteiger partial charge in [-0.25, -0.2) is 4.79 Å². The van der Waals surface area contributed by atoms with Crippen molar-refractivity contribution in [3.63, 3.8) is 0 Å². The number of carbonyl (C=O) groups excluding carboxylic acids is 4. The van der Waals surface area contributed by atoms with Gasteiger partial charge in [0.2, 0.25) is 11.8 Å². The van der Waals surface area contributed by atoms with E-state index in [2.05, 4.69) is 5.32 Å². The monoisotopic (exact) mass is 468 g/mol. The number of hydrogen-bond acceptors (Lipinski definition) is 8. The lowest BCUT2D eigenvalue weighted by atomic mass is 10.0. The van der Waals surface area contributed by atoms with Crippen LogP contribution in [-0.2, 0) is 25.6 Å². The SMILES string of the molecule is NC(Cc1ccccc1)C(=O)NC(CO)C(=O)C1Sc2ccccc2N(C=C=O)C(=O)[C@@H]1N. The van der Waals surface area contributed by atoms with Gasteiger partial charge in [0.15, 0.2) is 5.78 Å². The predicted octanol–water partition coefficient (Wildman–Crippen LogP) is -0.217. The number of aliphatic hydroxyl groups is 1. The highest BCUT2D eigenvalue weighted by Crippen LogP contribution is 2.38. The maximum atomic E-state index is 13.3. The van der Waals surface area contributed by atoms with Crippen LogP contribution in [0.5, 0.6) is 0 Å². The molecule has 0 aromatic heterocycles. The fourth-order valence-corrected chi connectivity index (χ4v) is 4.70. The van der Waals surface area contributed by atoms with Gasteiger partial charge in [-0.15, -0.1) is 11.8 Å². The molecule has 3 unspecified atom stereocenters. The van der Waals surface area contributed by atoms with Crippen LogP contribution in [0.25, 0.3) is 0 Å². The average Bonchev–Trinajstić information content (AvgIpc) is 2.93. The molecule has 0 saturated heterocycles. The first-order chi connectivity index (χ1) is 15.9. The summed E-state index contributed by atoms with van der Waals surface area (Å²) in [6, 6.07) is 12.2. The number of nitrogens with two attached hydrogens (primary N) is 2. The van der Waals surface area contributed by atoms with Crippen LogP contribution in [0.4, 0.5) is 5.69 Å². The van der Waals surface area contributed by atoms with E-state index in [0.29, 0.717) is 10.6 Å². The number of fused-ring (bicyclic) bond motifs is 1. The summed E-state index contributed by atoms with van der Waals surface area (Å²) in [6.07, 6.45) is 1.16. The molecule has 33 heavy (non-hydrogen) atoms. The van der Waals surface area contributed by atoms with E-state index in [0.717, 1.165) is 28.4 Å². The van der Waals surface area contributed by atoms with Crippen LogP contribution >= 0.6 is 11.8 Å². The molecule has 0 aliphatic carbocycles. The van der Waals surface area contributed by atoms with Gasteiger partial charge in [0.25, 0.3) is 0 Å². The number of rotatable bonds is 8. The third-order valence-electron chi connectivity index (χ3n) is 5.17. The number of ketones is 1. The lowest BCUT2D eigenvalue weighted by molar-refractivity contribution is -0.130. The number of hydrogen-bond donors (Lipinski definition) is 4. The van der Waals surface area contributed by atoms with Gasteiger partial charge in [-0.05, 0) is 24.1 Å². The van der Waals surface area contributed by atoms with Crippen LogP contribution in [0.2, 0.25) is 0 Å². The Morgan fingerprint density at radius 2 is 1.85 bits per heavy atom. The molecule has 2 aromatic rings. The Morgan fingerprint density at radius 1 is 1.18 bits per heavy atom. The van der Waals surface area contributed by atoms with Crippen LogP contribution < -0.4 is 21.7 Å². The van der Waals surface area contributed by atoms with Crippen molar-refractivity contribution in [2.45, 2.75) is 34.7 Å². The minimum atomic E-state index is -1.33. The maximum Gasteiger partial charge on any atom is 0.250 e. The molecule has 172 valence electrons. The molecule has 2 amide bonds. The molecule has 1 aliphatic rings. The normalized spacial score (nSPS) is 19.5. The smallest absolute Gasteiger partial charge is 0.250 e. The summed E-state index contributed by atoms with van der Waals surface area (Å²) < 4.78 is 0. The Hall–Kier alpha value is -3.27. The third kappa shape index (κ3) is 5.57. The predicted molar refractivity (Wildman–Crippen MR) is 124 cm³/mol. The van der Waals surface area contributed by atoms with E-state index in [4.69, 9.17) is 11.5 Å². The van der Waals surface area contributed by atoms with Gasteiger partial charge in [-0.3, -0.25) is 19.3 Å². The first kappa shape index (κ1) is 24.4. The fraction of sp³-hybridized carbons (Fsp3) is 0.261. The van der Waals surface area contributed by atoms with Crippen molar-refractivity contribution in [2.75, 3.05) is 11.5 Å². The Balaban J connectivity index is 1.79. The molecular formula is C23H24N4O5S. The molecule has 1 aliphatic heterocycles. The van der Waals surface area contributed by atoms with E-state index >= 15 is 0 Å². The van der Waals surface area contributed by atoms with Crippen molar-refractivity contribution < 1.29 is 24.3 Å². The highest BCUT2D eigenvalue weighted by Gasteiger charge is 2.41. The van der Waals surface area contributed by atoms with Crippen LogP contribution in [0.1, 0.15) is 5.56 Å². The number of thioether (sulfide) groups is 1. The molecule has 0 fully saturated rings. The Bertz CT molecular complexity index is 1070. The molecule has 1 heterocycles. The number of benzene rings is 2. The van der Waals surface area contributed by atoms with Gasteiger partial charge in [-0.2, -0.15) is 0 Å². The van der Waals surface area contributed by atoms with E-state index in [1.54, 1.807) is 30.2 Å². The van der Waals surface area contributed by atoms with Crippen LogP contribution in [0.15, 0.2) is 65.7 Å².